The highest BCUT2D eigenvalue weighted by atomic mass is 16.6. The lowest BCUT2D eigenvalue weighted by Crippen LogP contribution is -2.35. The van der Waals surface area contributed by atoms with Gasteiger partial charge in [-0.1, -0.05) is 0 Å². The van der Waals surface area contributed by atoms with Crippen LogP contribution in [0.15, 0.2) is 12.2 Å². The van der Waals surface area contributed by atoms with Gasteiger partial charge in [0.1, 0.15) is 0 Å². The molecule has 0 radical (unpaired) electrons. The molecular formula is C32H49N3O11. The lowest BCUT2D eigenvalue weighted by Gasteiger charge is -2.13. The maximum Gasteiger partial charge on any atom is 0.407 e. The summed E-state index contributed by atoms with van der Waals surface area (Å²) < 4.78 is 38.0. The van der Waals surface area contributed by atoms with E-state index in [9.17, 15) is 19.2 Å². The number of hydrogen-bond donors (Lipinski definition) is 2. The minimum absolute atomic E-state index is 0.0515. The van der Waals surface area contributed by atoms with Crippen LogP contribution in [0.1, 0.15) is 32.1 Å². The van der Waals surface area contributed by atoms with Crippen molar-refractivity contribution < 1.29 is 52.3 Å². The zero-order chi connectivity index (χ0) is 32.7. The van der Waals surface area contributed by atoms with Crippen LogP contribution < -0.4 is 10.6 Å². The Morgan fingerprint density at radius 2 is 1.11 bits per heavy atom. The van der Waals surface area contributed by atoms with Gasteiger partial charge in [0, 0.05) is 51.0 Å². The molecule has 2 N–H and O–H groups in total. The molecule has 1 aliphatic heterocycles. The molecule has 3 rings (SSSR count). The van der Waals surface area contributed by atoms with Gasteiger partial charge < -0.3 is 43.8 Å². The van der Waals surface area contributed by atoms with Gasteiger partial charge in [-0.05, 0) is 30.6 Å². The van der Waals surface area contributed by atoms with Crippen molar-refractivity contribution in [2.75, 3.05) is 106 Å². The van der Waals surface area contributed by atoms with Crippen LogP contribution in [0.2, 0.25) is 0 Å². The van der Waals surface area contributed by atoms with Gasteiger partial charge in [-0.3, -0.25) is 19.3 Å². The van der Waals surface area contributed by atoms with Crippen LogP contribution in [-0.2, 0) is 47.5 Å². The number of ether oxygens (including phenoxy) is 7. The first kappa shape index (κ1) is 37.4. The molecule has 1 saturated carbocycles. The molecule has 0 aromatic rings. The van der Waals surface area contributed by atoms with Crippen LogP contribution in [0.3, 0.4) is 0 Å². The highest BCUT2D eigenvalue weighted by Crippen LogP contribution is 2.52. The number of nitrogens with one attached hydrogen (secondary N) is 2. The number of hydrogen-bond acceptors (Lipinski definition) is 11. The summed E-state index contributed by atoms with van der Waals surface area (Å²) in [7, 11) is 0. The van der Waals surface area contributed by atoms with E-state index in [4.69, 9.17) is 33.2 Å². The van der Waals surface area contributed by atoms with E-state index < -0.39 is 17.9 Å². The topological polar surface area (TPSA) is 160 Å². The molecule has 14 heteroatoms. The summed E-state index contributed by atoms with van der Waals surface area (Å²) in [4.78, 5) is 47.6. The average molecular weight is 652 g/mol. The Kier molecular flexibility index (Phi) is 18.9. The van der Waals surface area contributed by atoms with E-state index >= 15 is 0 Å². The first-order valence-electron chi connectivity index (χ1n) is 16.2. The molecule has 0 spiro atoms. The average Bonchev–Trinajstić information content (AvgIpc) is 3.57. The second-order valence-electron chi connectivity index (χ2n) is 10.9. The van der Waals surface area contributed by atoms with Crippen LogP contribution >= 0.6 is 0 Å². The van der Waals surface area contributed by atoms with Gasteiger partial charge in [0.25, 0.3) is 11.8 Å². The minimum Gasteiger partial charge on any atom is -0.449 e. The van der Waals surface area contributed by atoms with Crippen LogP contribution in [0, 0.1) is 29.6 Å². The Balaban J connectivity index is 0.949. The van der Waals surface area contributed by atoms with Gasteiger partial charge in [-0.25, -0.2) is 4.79 Å². The molecule has 14 nitrogen and oxygen atoms in total. The lowest BCUT2D eigenvalue weighted by molar-refractivity contribution is -0.137. The van der Waals surface area contributed by atoms with Crippen molar-refractivity contribution in [3.63, 3.8) is 0 Å². The highest BCUT2D eigenvalue weighted by Gasteiger charge is 2.49. The van der Waals surface area contributed by atoms with E-state index in [1.807, 2.05) is 0 Å². The summed E-state index contributed by atoms with van der Waals surface area (Å²) in [5.74, 6) is 7.15. The van der Waals surface area contributed by atoms with Crippen molar-refractivity contribution in [1.82, 2.24) is 15.5 Å². The Morgan fingerprint density at radius 1 is 0.674 bits per heavy atom. The number of nitrogens with zero attached hydrogens (tertiary/aromatic N) is 1. The summed E-state index contributed by atoms with van der Waals surface area (Å²) in [6.45, 7) is 6.33. The van der Waals surface area contributed by atoms with Gasteiger partial charge >= 0.3 is 6.09 Å². The molecule has 2 aliphatic carbocycles. The van der Waals surface area contributed by atoms with Crippen LogP contribution in [0.4, 0.5) is 4.79 Å². The third-order valence-corrected chi connectivity index (χ3v) is 7.65. The van der Waals surface area contributed by atoms with Crippen LogP contribution in [0.25, 0.3) is 0 Å². The van der Waals surface area contributed by atoms with Crippen molar-refractivity contribution in [2.24, 2.45) is 17.8 Å². The van der Waals surface area contributed by atoms with E-state index in [0.29, 0.717) is 117 Å². The molecule has 0 bridgehead atoms. The van der Waals surface area contributed by atoms with Crippen molar-refractivity contribution in [1.29, 1.82) is 0 Å². The Hall–Kier alpha value is -3.06. The fraction of sp³-hybridized carbons (Fsp3) is 0.750. The first-order chi connectivity index (χ1) is 22.6. The molecule has 3 aliphatic rings. The molecule has 1 heterocycles. The molecule has 0 aromatic heterocycles. The van der Waals surface area contributed by atoms with Gasteiger partial charge in [0.05, 0.1) is 85.9 Å². The first-order valence-corrected chi connectivity index (χ1v) is 16.2. The largest absolute Gasteiger partial charge is 0.449 e. The van der Waals surface area contributed by atoms with Crippen LogP contribution in [-0.4, -0.2) is 134 Å². The quantitative estimate of drug-likeness (QED) is 0.0769. The Bertz CT molecular complexity index is 993. The minimum atomic E-state index is -0.398. The van der Waals surface area contributed by atoms with Gasteiger partial charge in [0.15, 0.2) is 0 Å². The van der Waals surface area contributed by atoms with Crippen LogP contribution in [0.5, 0.6) is 0 Å². The molecule has 1 fully saturated rings. The molecule has 0 saturated heterocycles. The number of imide groups is 1. The predicted octanol–water partition coefficient (Wildman–Crippen LogP) is 0.683. The lowest BCUT2D eigenvalue weighted by atomic mass is 10.1. The van der Waals surface area contributed by atoms with E-state index in [2.05, 4.69) is 22.5 Å². The number of carbonyl (C=O) groups is 4. The maximum absolute atomic E-state index is 11.9. The molecule has 4 amide bonds. The summed E-state index contributed by atoms with van der Waals surface area (Å²) in [5, 5.41) is 5.40. The Morgan fingerprint density at radius 3 is 1.59 bits per heavy atom. The summed E-state index contributed by atoms with van der Waals surface area (Å²) in [5.41, 5.74) is 0. The standard InChI is InChI=1S/C32H49N3O11/c36-29(9-12-35-30(37)7-8-31(35)38)33-10-13-40-15-17-42-19-21-44-23-24-45-22-20-43-18-16-41-14-11-34-32(39)46-25-28-26-5-3-1-2-4-6-27(26)28/h7-8,26-28H,3-6,9-25H2,(H,33,36)(H,34,39)/t26-,27+,28?. The number of carbonyl (C=O) groups excluding carboxylic acids is 4. The van der Waals surface area contributed by atoms with E-state index in [-0.39, 0.29) is 18.9 Å². The monoisotopic (exact) mass is 651 g/mol. The fourth-order valence-corrected chi connectivity index (χ4v) is 5.15. The van der Waals surface area contributed by atoms with Crippen molar-refractivity contribution >= 4 is 23.8 Å². The zero-order valence-electron chi connectivity index (χ0n) is 26.7. The van der Waals surface area contributed by atoms with Gasteiger partial charge in [-0.2, -0.15) is 0 Å². The van der Waals surface area contributed by atoms with E-state index in [1.165, 1.54) is 12.2 Å². The zero-order valence-corrected chi connectivity index (χ0v) is 26.7. The number of rotatable bonds is 26. The predicted molar refractivity (Wildman–Crippen MR) is 164 cm³/mol. The Labute approximate surface area is 271 Å². The van der Waals surface area contributed by atoms with E-state index in [1.54, 1.807) is 0 Å². The third-order valence-electron chi connectivity index (χ3n) is 7.65. The maximum atomic E-state index is 11.9. The van der Waals surface area contributed by atoms with Crippen molar-refractivity contribution in [2.45, 2.75) is 32.1 Å². The van der Waals surface area contributed by atoms with Crippen molar-refractivity contribution in [3.8, 4) is 11.8 Å². The fourth-order valence-electron chi connectivity index (χ4n) is 5.15. The van der Waals surface area contributed by atoms with Gasteiger partial charge in [0.2, 0.25) is 5.91 Å². The smallest absolute Gasteiger partial charge is 0.407 e. The summed E-state index contributed by atoms with van der Waals surface area (Å²) >= 11 is 0. The third kappa shape index (κ3) is 16.0. The highest BCUT2D eigenvalue weighted by molar-refractivity contribution is 6.13. The number of fused-ring (bicyclic) bond motifs is 1. The molecule has 0 aromatic carbocycles. The molecule has 1 unspecified atom stereocenters. The molecule has 46 heavy (non-hydrogen) atoms. The van der Waals surface area contributed by atoms with E-state index in [0.717, 1.165) is 30.6 Å². The number of amides is 4. The SMILES string of the molecule is O=C(CCN1C(=O)C=CC1=O)NCCOCCOCCOCCOCCOCCOCCNC(=O)OCC1[C@H]2CCC#CCC[C@@H]12. The second kappa shape index (κ2) is 23.3. The molecule has 258 valence electrons. The summed E-state index contributed by atoms with van der Waals surface area (Å²) in [6, 6.07) is 0. The van der Waals surface area contributed by atoms with Crippen molar-refractivity contribution in [3.05, 3.63) is 12.2 Å². The normalized spacial score (nSPS) is 20.0. The van der Waals surface area contributed by atoms with Gasteiger partial charge in [-0.15, -0.1) is 11.8 Å². The second-order valence-corrected chi connectivity index (χ2v) is 10.9. The molecular weight excluding hydrogens is 602 g/mol. The number of alkyl carbamates (subject to hydrolysis) is 1. The summed E-state index contributed by atoms with van der Waals surface area (Å²) in [6.07, 6.45) is 6.19. The molecule has 3 atom stereocenters.